The van der Waals surface area contributed by atoms with Crippen LogP contribution in [0.5, 0.6) is 11.5 Å². The van der Waals surface area contributed by atoms with E-state index in [0.717, 1.165) is 16.7 Å². The van der Waals surface area contributed by atoms with E-state index >= 15 is 0 Å². The monoisotopic (exact) mass is 492 g/mol. The number of carbonyl (C=O) groups is 1. The van der Waals surface area contributed by atoms with Gasteiger partial charge in [-0.2, -0.15) is 0 Å². The minimum Gasteiger partial charge on any atom is -0.497 e. The van der Waals surface area contributed by atoms with E-state index in [2.05, 4.69) is 20.5 Å². The van der Waals surface area contributed by atoms with Gasteiger partial charge in [0.1, 0.15) is 18.0 Å². The highest BCUT2D eigenvalue weighted by atomic mass is 16.5. The molecule has 4 rings (SSSR count). The Morgan fingerprint density at radius 1 is 1.00 bits per heavy atom. The third-order valence-electron chi connectivity index (χ3n) is 5.64. The van der Waals surface area contributed by atoms with Crippen molar-refractivity contribution in [3.63, 3.8) is 0 Å². The second-order valence-corrected chi connectivity index (χ2v) is 8.13. The van der Waals surface area contributed by atoms with Crippen molar-refractivity contribution < 1.29 is 19.0 Å². The van der Waals surface area contributed by atoms with Gasteiger partial charge in [0.25, 0.3) is 5.56 Å². The Labute approximate surface area is 207 Å². The van der Waals surface area contributed by atoms with Crippen molar-refractivity contribution in [2.75, 3.05) is 20.8 Å². The minimum atomic E-state index is -0.422. The maximum absolute atomic E-state index is 12.9. The first-order valence-corrected chi connectivity index (χ1v) is 11.4. The number of ether oxygens (including phenoxy) is 3. The molecule has 188 valence electrons. The maximum Gasteiger partial charge on any atom is 0.327 e. The number of hydrogen-bond acceptors (Lipinski definition) is 9. The lowest BCUT2D eigenvalue weighted by Crippen LogP contribution is -2.28. The van der Waals surface area contributed by atoms with Crippen molar-refractivity contribution in [1.82, 2.24) is 30.1 Å². The van der Waals surface area contributed by atoms with Crippen LogP contribution < -0.4 is 15.0 Å². The van der Waals surface area contributed by atoms with Crippen LogP contribution in [0.3, 0.4) is 0 Å². The molecule has 2 aromatic carbocycles. The lowest BCUT2D eigenvalue weighted by atomic mass is 10.1. The standard InChI is InChI=1S/C25H28N6O5/c1-4-36-24(32)16-31-23(27-28-29-31)15-30(13-17-5-8-20(34-2)9-6-17)14-19-11-18-7-10-21(35-3)12-22(18)26-25(19)33/h5-12H,4,13-16H2,1-3H3,(H,26,33). The molecule has 2 aromatic heterocycles. The van der Waals surface area contributed by atoms with Crippen LogP contribution in [-0.2, 0) is 35.7 Å². The number of aromatic amines is 1. The highest BCUT2D eigenvalue weighted by Gasteiger charge is 2.17. The van der Waals surface area contributed by atoms with E-state index in [4.69, 9.17) is 14.2 Å². The number of hydrogen-bond donors (Lipinski definition) is 1. The number of rotatable bonds is 11. The molecule has 0 atom stereocenters. The van der Waals surface area contributed by atoms with E-state index in [1.807, 2.05) is 47.4 Å². The molecule has 36 heavy (non-hydrogen) atoms. The molecule has 0 aliphatic carbocycles. The van der Waals surface area contributed by atoms with E-state index in [-0.39, 0.29) is 18.7 Å². The van der Waals surface area contributed by atoms with Crippen LogP contribution >= 0.6 is 0 Å². The highest BCUT2D eigenvalue weighted by molar-refractivity contribution is 5.80. The molecule has 0 aliphatic heterocycles. The van der Waals surface area contributed by atoms with E-state index in [1.54, 1.807) is 27.2 Å². The fourth-order valence-corrected chi connectivity index (χ4v) is 3.86. The molecule has 0 unspecified atom stereocenters. The molecule has 0 fully saturated rings. The summed E-state index contributed by atoms with van der Waals surface area (Å²) in [5.41, 5.74) is 2.11. The summed E-state index contributed by atoms with van der Waals surface area (Å²) in [5, 5.41) is 12.7. The number of benzene rings is 2. The van der Waals surface area contributed by atoms with Crippen molar-refractivity contribution in [3.8, 4) is 11.5 Å². The quantitative estimate of drug-likeness (QED) is 0.314. The van der Waals surface area contributed by atoms with Crippen molar-refractivity contribution >= 4 is 16.9 Å². The van der Waals surface area contributed by atoms with Gasteiger partial charge in [-0.1, -0.05) is 12.1 Å². The molecule has 0 aliphatic rings. The number of pyridine rings is 1. The Hall–Kier alpha value is -4.25. The van der Waals surface area contributed by atoms with Crippen LogP contribution in [0.4, 0.5) is 0 Å². The van der Waals surface area contributed by atoms with E-state index in [9.17, 15) is 9.59 Å². The average molecular weight is 493 g/mol. The summed E-state index contributed by atoms with van der Waals surface area (Å²) >= 11 is 0. The van der Waals surface area contributed by atoms with Gasteiger partial charge >= 0.3 is 5.97 Å². The Balaban J connectivity index is 1.62. The predicted molar refractivity (Wildman–Crippen MR) is 132 cm³/mol. The summed E-state index contributed by atoms with van der Waals surface area (Å²) in [4.78, 5) is 29.9. The summed E-state index contributed by atoms with van der Waals surface area (Å²) in [6, 6.07) is 15.1. The van der Waals surface area contributed by atoms with Crippen molar-refractivity contribution in [3.05, 3.63) is 75.8 Å². The Kier molecular flexibility index (Phi) is 7.91. The third-order valence-corrected chi connectivity index (χ3v) is 5.64. The zero-order valence-corrected chi connectivity index (χ0v) is 20.4. The van der Waals surface area contributed by atoms with Crippen LogP contribution in [0.25, 0.3) is 10.9 Å². The fourth-order valence-electron chi connectivity index (χ4n) is 3.86. The zero-order valence-electron chi connectivity index (χ0n) is 20.4. The molecule has 4 aromatic rings. The lowest BCUT2D eigenvalue weighted by Gasteiger charge is -2.22. The topological polar surface area (TPSA) is 124 Å². The van der Waals surface area contributed by atoms with Gasteiger partial charge < -0.3 is 19.2 Å². The summed E-state index contributed by atoms with van der Waals surface area (Å²) in [6.07, 6.45) is 0. The molecule has 0 radical (unpaired) electrons. The molecule has 0 saturated heterocycles. The van der Waals surface area contributed by atoms with Gasteiger partial charge in [0.2, 0.25) is 0 Å². The molecule has 1 N–H and O–H groups in total. The van der Waals surface area contributed by atoms with Gasteiger partial charge in [0.05, 0.1) is 32.9 Å². The van der Waals surface area contributed by atoms with Crippen molar-refractivity contribution in [1.29, 1.82) is 0 Å². The molecule has 0 saturated carbocycles. The van der Waals surface area contributed by atoms with E-state index in [1.165, 1.54) is 4.68 Å². The van der Waals surface area contributed by atoms with Gasteiger partial charge in [0.15, 0.2) is 5.82 Å². The van der Waals surface area contributed by atoms with Gasteiger partial charge in [-0.05, 0) is 58.6 Å². The maximum atomic E-state index is 12.9. The van der Waals surface area contributed by atoms with Crippen LogP contribution in [0.15, 0.2) is 53.3 Å². The van der Waals surface area contributed by atoms with E-state index < -0.39 is 5.97 Å². The molecule has 0 spiro atoms. The zero-order chi connectivity index (χ0) is 25.5. The Morgan fingerprint density at radius 2 is 1.75 bits per heavy atom. The molecule has 11 nitrogen and oxygen atoms in total. The normalized spacial score (nSPS) is 11.1. The van der Waals surface area contributed by atoms with Gasteiger partial charge in [-0.15, -0.1) is 5.10 Å². The number of methoxy groups -OCH3 is 2. The smallest absolute Gasteiger partial charge is 0.327 e. The first-order valence-electron chi connectivity index (χ1n) is 11.4. The summed E-state index contributed by atoms with van der Waals surface area (Å²) in [6.45, 7) is 3.07. The number of nitrogens with zero attached hydrogens (tertiary/aromatic N) is 5. The Morgan fingerprint density at radius 3 is 2.47 bits per heavy atom. The van der Waals surface area contributed by atoms with Crippen LogP contribution in [0, 0.1) is 0 Å². The summed E-state index contributed by atoms with van der Waals surface area (Å²) in [7, 11) is 3.20. The SMILES string of the molecule is CCOC(=O)Cn1nnnc1CN(Cc1ccc(OC)cc1)Cc1cc2ccc(OC)cc2[nH]c1=O. The highest BCUT2D eigenvalue weighted by Crippen LogP contribution is 2.20. The second kappa shape index (κ2) is 11.5. The van der Waals surface area contributed by atoms with Gasteiger partial charge in [-0.25, -0.2) is 4.68 Å². The first-order chi connectivity index (χ1) is 17.5. The number of fused-ring (bicyclic) bond motifs is 1. The molecular formula is C25H28N6O5. The second-order valence-electron chi connectivity index (χ2n) is 8.13. The Bertz CT molecular complexity index is 1380. The van der Waals surface area contributed by atoms with Crippen molar-refractivity contribution in [2.45, 2.75) is 33.1 Å². The van der Waals surface area contributed by atoms with Gasteiger partial charge in [0, 0.05) is 24.7 Å². The first kappa shape index (κ1) is 24.9. The number of esters is 1. The third kappa shape index (κ3) is 6.05. The largest absolute Gasteiger partial charge is 0.497 e. The molecule has 2 heterocycles. The van der Waals surface area contributed by atoms with Crippen LogP contribution in [0.2, 0.25) is 0 Å². The van der Waals surface area contributed by atoms with Crippen molar-refractivity contribution in [2.24, 2.45) is 0 Å². The van der Waals surface area contributed by atoms with E-state index in [0.29, 0.717) is 42.3 Å². The average Bonchev–Trinajstić information content (AvgIpc) is 3.30. The predicted octanol–water partition coefficient (Wildman–Crippen LogP) is 2.30. The summed E-state index contributed by atoms with van der Waals surface area (Å²) < 4.78 is 17.0. The summed E-state index contributed by atoms with van der Waals surface area (Å²) in [5.74, 6) is 1.48. The number of aromatic nitrogens is 5. The van der Waals surface area contributed by atoms with Gasteiger partial charge in [-0.3, -0.25) is 14.5 Å². The molecule has 0 amide bonds. The fraction of sp³-hybridized carbons (Fsp3) is 0.320. The van der Waals surface area contributed by atoms with Crippen LogP contribution in [-0.4, -0.2) is 56.9 Å². The minimum absolute atomic E-state index is 0.0923. The molecule has 0 bridgehead atoms. The number of H-pyrrole nitrogens is 1. The number of carbonyl (C=O) groups excluding carboxylic acids is 1. The molecular weight excluding hydrogens is 464 g/mol. The number of tetrazole rings is 1. The molecule has 11 heteroatoms. The lowest BCUT2D eigenvalue weighted by molar-refractivity contribution is -0.144. The van der Waals surface area contributed by atoms with Crippen LogP contribution in [0.1, 0.15) is 23.9 Å². The number of nitrogens with one attached hydrogen (secondary N) is 1.